The van der Waals surface area contributed by atoms with Crippen LogP contribution in [-0.2, 0) is 0 Å². The molecule has 0 bridgehead atoms. The van der Waals surface area contributed by atoms with Crippen molar-refractivity contribution >= 4 is 29.0 Å². The summed E-state index contributed by atoms with van der Waals surface area (Å²) in [5.74, 6) is -0.203. The minimum Gasteiger partial charge on any atom is -0.339 e. The third-order valence-corrected chi connectivity index (χ3v) is 3.40. The molecule has 2 rings (SSSR count). The lowest BCUT2D eigenvalue weighted by molar-refractivity contribution is 0.0766. The van der Waals surface area contributed by atoms with Crippen LogP contribution in [0.2, 0.25) is 5.02 Å². The van der Waals surface area contributed by atoms with Gasteiger partial charge in [0.05, 0.1) is 17.4 Å². The summed E-state index contributed by atoms with van der Waals surface area (Å²) in [5, 5.41) is 2.97. The molecule has 7 heteroatoms. The number of carbonyl (C=O) groups excluding carboxylic acids is 1. The average Bonchev–Trinajstić information content (AvgIpc) is 2.53. The summed E-state index contributed by atoms with van der Waals surface area (Å²) in [5.41, 5.74) is 0.870. The first-order valence-electron chi connectivity index (χ1n) is 6.88. The Morgan fingerprint density at radius 3 is 2.55 bits per heavy atom. The molecule has 116 valence electrons. The molecule has 0 spiro atoms. The molecule has 0 aliphatic heterocycles. The van der Waals surface area contributed by atoms with Gasteiger partial charge in [-0.15, -0.1) is 0 Å². The summed E-state index contributed by atoms with van der Waals surface area (Å²) in [7, 11) is 0. The Labute approximate surface area is 133 Å². The van der Waals surface area contributed by atoms with Crippen LogP contribution in [0.1, 0.15) is 24.3 Å². The van der Waals surface area contributed by atoms with E-state index < -0.39 is 5.82 Å². The zero-order valence-electron chi connectivity index (χ0n) is 12.3. The lowest BCUT2D eigenvalue weighted by atomic mass is 10.3. The van der Waals surface area contributed by atoms with Crippen LogP contribution in [0.5, 0.6) is 0 Å². The van der Waals surface area contributed by atoms with Gasteiger partial charge >= 0.3 is 0 Å². The van der Waals surface area contributed by atoms with Crippen molar-refractivity contribution in [3.63, 3.8) is 0 Å². The monoisotopic (exact) mass is 322 g/mol. The molecule has 0 unspecified atom stereocenters. The van der Waals surface area contributed by atoms with Gasteiger partial charge in [-0.2, -0.15) is 0 Å². The van der Waals surface area contributed by atoms with Crippen LogP contribution in [0.4, 0.5) is 15.9 Å². The number of anilines is 2. The second-order valence-electron chi connectivity index (χ2n) is 4.52. The van der Waals surface area contributed by atoms with Crippen molar-refractivity contribution < 1.29 is 9.18 Å². The highest BCUT2D eigenvalue weighted by Gasteiger charge is 2.14. The molecular formula is C15H16ClFN4O. The number of rotatable bonds is 5. The average molecular weight is 323 g/mol. The molecule has 22 heavy (non-hydrogen) atoms. The van der Waals surface area contributed by atoms with Crippen molar-refractivity contribution in [1.29, 1.82) is 0 Å². The maximum absolute atomic E-state index is 13.1. The molecule has 1 N–H and O–H groups in total. The largest absolute Gasteiger partial charge is 0.339 e. The molecule has 0 saturated carbocycles. The molecule has 1 amide bonds. The number of carbonyl (C=O) groups is 1. The van der Waals surface area contributed by atoms with Crippen molar-refractivity contribution in [3.05, 3.63) is 47.1 Å². The maximum atomic E-state index is 13.1. The lowest BCUT2D eigenvalue weighted by Crippen LogP contribution is -2.31. The van der Waals surface area contributed by atoms with E-state index in [0.29, 0.717) is 24.6 Å². The van der Waals surface area contributed by atoms with E-state index in [0.717, 1.165) is 0 Å². The van der Waals surface area contributed by atoms with E-state index in [2.05, 4.69) is 15.3 Å². The number of hydrogen-bond donors (Lipinski definition) is 1. The van der Waals surface area contributed by atoms with Crippen LogP contribution < -0.4 is 5.32 Å². The van der Waals surface area contributed by atoms with Crippen LogP contribution in [0, 0.1) is 5.82 Å². The van der Waals surface area contributed by atoms with Gasteiger partial charge in [-0.3, -0.25) is 4.79 Å². The van der Waals surface area contributed by atoms with Gasteiger partial charge in [0, 0.05) is 18.8 Å². The molecule has 2 aromatic rings. The Hall–Kier alpha value is -2.21. The molecule has 1 heterocycles. The van der Waals surface area contributed by atoms with Crippen LogP contribution in [0.3, 0.4) is 0 Å². The molecule has 1 aromatic heterocycles. The second-order valence-corrected chi connectivity index (χ2v) is 4.93. The van der Waals surface area contributed by atoms with Crippen LogP contribution >= 0.6 is 11.6 Å². The van der Waals surface area contributed by atoms with E-state index in [1.807, 2.05) is 13.8 Å². The third-order valence-electron chi connectivity index (χ3n) is 3.11. The fourth-order valence-corrected chi connectivity index (χ4v) is 2.08. The number of amides is 1. The quantitative estimate of drug-likeness (QED) is 0.915. The van der Waals surface area contributed by atoms with Crippen molar-refractivity contribution in [1.82, 2.24) is 14.9 Å². The van der Waals surface area contributed by atoms with Crippen molar-refractivity contribution in [2.45, 2.75) is 13.8 Å². The number of nitrogens with one attached hydrogen (secondary N) is 1. The summed E-state index contributed by atoms with van der Waals surface area (Å²) in [6, 6.07) is 4.25. The molecule has 0 aliphatic rings. The summed E-state index contributed by atoms with van der Waals surface area (Å²) < 4.78 is 13.1. The fourth-order valence-electron chi connectivity index (χ4n) is 1.90. The lowest BCUT2D eigenvalue weighted by Gasteiger charge is -2.17. The Morgan fingerprint density at radius 2 is 2.00 bits per heavy atom. The highest BCUT2D eigenvalue weighted by molar-refractivity contribution is 6.31. The Kier molecular flexibility index (Phi) is 5.27. The van der Waals surface area contributed by atoms with Crippen molar-refractivity contribution in [2.75, 3.05) is 18.4 Å². The van der Waals surface area contributed by atoms with Crippen molar-refractivity contribution in [2.24, 2.45) is 0 Å². The molecule has 0 saturated heterocycles. The summed E-state index contributed by atoms with van der Waals surface area (Å²) in [6.45, 7) is 5.04. The van der Waals surface area contributed by atoms with Gasteiger partial charge in [-0.05, 0) is 32.0 Å². The highest BCUT2D eigenvalue weighted by atomic mass is 35.5. The molecular weight excluding hydrogens is 307 g/mol. The van der Waals surface area contributed by atoms with Gasteiger partial charge in [-0.25, -0.2) is 14.4 Å². The van der Waals surface area contributed by atoms with Gasteiger partial charge in [0.15, 0.2) is 0 Å². The first-order chi connectivity index (χ1) is 10.5. The van der Waals surface area contributed by atoms with Gasteiger partial charge < -0.3 is 10.2 Å². The number of nitrogens with zero attached hydrogens (tertiary/aromatic N) is 3. The standard InChI is InChI=1S/C15H16ClFN4O/c1-3-21(4-2)15(22)13-8-19-14(9-18-13)20-10-5-6-12(17)11(16)7-10/h5-9H,3-4H2,1-2H3,(H,19,20). The van der Waals surface area contributed by atoms with Gasteiger partial charge in [0.25, 0.3) is 5.91 Å². The Balaban J connectivity index is 2.11. The van der Waals surface area contributed by atoms with Gasteiger partial charge in [-0.1, -0.05) is 11.6 Å². The second kappa shape index (κ2) is 7.17. The van der Waals surface area contributed by atoms with E-state index in [-0.39, 0.29) is 16.6 Å². The topological polar surface area (TPSA) is 58.1 Å². The zero-order chi connectivity index (χ0) is 16.1. The first kappa shape index (κ1) is 16.2. The molecule has 0 aliphatic carbocycles. The number of hydrogen-bond acceptors (Lipinski definition) is 4. The number of benzene rings is 1. The molecule has 0 radical (unpaired) electrons. The predicted molar refractivity (Wildman–Crippen MR) is 84.0 cm³/mol. The minimum atomic E-state index is -0.488. The summed E-state index contributed by atoms with van der Waals surface area (Å²) in [4.78, 5) is 22.0. The van der Waals surface area contributed by atoms with Crippen molar-refractivity contribution in [3.8, 4) is 0 Å². The SMILES string of the molecule is CCN(CC)C(=O)c1cnc(Nc2ccc(F)c(Cl)c2)cn1. The maximum Gasteiger partial charge on any atom is 0.274 e. The highest BCUT2D eigenvalue weighted by Crippen LogP contribution is 2.21. The third kappa shape index (κ3) is 3.71. The van der Waals surface area contributed by atoms with E-state index in [1.165, 1.54) is 30.6 Å². The van der Waals surface area contributed by atoms with Gasteiger partial charge in [0.1, 0.15) is 17.3 Å². The Bertz CT molecular complexity index is 659. The molecule has 1 aromatic carbocycles. The van der Waals surface area contributed by atoms with Crippen LogP contribution in [0.25, 0.3) is 0 Å². The van der Waals surface area contributed by atoms with E-state index in [4.69, 9.17) is 11.6 Å². The van der Waals surface area contributed by atoms with Crippen LogP contribution in [0.15, 0.2) is 30.6 Å². The van der Waals surface area contributed by atoms with Gasteiger partial charge in [0.2, 0.25) is 0 Å². The van der Waals surface area contributed by atoms with E-state index in [9.17, 15) is 9.18 Å². The summed E-state index contributed by atoms with van der Waals surface area (Å²) >= 11 is 5.71. The predicted octanol–water partition coefficient (Wildman–Crippen LogP) is 3.49. The van der Waals surface area contributed by atoms with E-state index >= 15 is 0 Å². The fraction of sp³-hybridized carbons (Fsp3) is 0.267. The molecule has 5 nitrogen and oxygen atoms in total. The summed E-state index contributed by atoms with van der Waals surface area (Å²) in [6.07, 6.45) is 2.86. The molecule has 0 atom stereocenters. The normalized spacial score (nSPS) is 10.4. The zero-order valence-corrected chi connectivity index (χ0v) is 13.1. The Morgan fingerprint density at radius 1 is 1.27 bits per heavy atom. The first-order valence-corrected chi connectivity index (χ1v) is 7.26. The molecule has 0 fully saturated rings. The van der Waals surface area contributed by atoms with Crippen LogP contribution in [-0.4, -0.2) is 33.9 Å². The number of halogens is 2. The number of aromatic nitrogens is 2. The smallest absolute Gasteiger partial charge is 0.274 e. The minimum absolute atomic E-state index is 0.0197. The van der Waals surface area contributed by atoms with E-state index in [1.54, 1.807) is 4.90 Å².